The smallest absolute Gasteiger partial charge is 0.327 e. The summed E-state index contributed by atoms with van der Waals surface area (Å²) in [6.07, 6.45) is 2.40. The number of nitrogen functional groups attached to an aromatic ring is 1. The molecule has 0 bridgehead atoms. The van der Waals surface area contributed by atoms with Crippen LogP contribution in [0.1, 0.15) is 37.0 Å². The summed E-state index contributed by atoms with van der Waals surface area (Å²) in [7, 11) is 1.53. The van der Waals surface area contributed by atoms with Crippen molar-refractivity contribution in [3.8, 4) is 0 Å². The number of hydrogen-bond donors (Lipinski definition) is 1. The zero-order valence-electron chi connectivity index (χ0n) is 15.4. The van der Waals surface area contributed by atoms with E-state index in [0.717, 1.165) is 0 Å². The van der Waals surface area contributed by atoms with Gasteiger partial charge in [-0.2, -0.15) is 0 Å². The van der Waals surface area contributed by atoms with Crippen LogP contribution >= 0.6 is 0 Å². The van der Waals surface area contributed by atoms with Crippen molar-refractivity contribution < 1.29 is 14.4 Å². The molecule has 0 unspecified atom stereocenters. The molecule has 0 saturated carbocycles. The number of carbonyl (C=O) groups excluding carboxylic acids is 3. The van der Waals surface area contributed by atoms with Crippen LogP contribution in [-0.4, -0.2) is 69.8 Å². The third-order valence-electron chi connectivity index (χ3n) is 5.19. The van der Waals surface area contributed by atoms with E-state index in [9.17, 15) is 14.4 Å². The highest BCUT2D eigenvalue weighted by atomic mass is 16.2. The van der Waals surface area contributed by atoms with Gasteiger partial charge in [-0.05, 0) is 30.9 Å². The van der Waals surface area contributed by atoms with Gasteiger partial charge < -0.3 is 15.5 Å². The van der Waals surface area contributed by atoms with Crippen LogP contribution < -0.4 is 5.73 Å². The summed E-state index contributed by atoms with van der Waals surface area (Å²) >= 11 is 0. The number of likely N-dealkylation sites (N-methyl/N-ethyl adjacent to an activating group) is 1. The molecule has 3 heterocycles. The number of anilines is 1. The van der Waals surface area contributed by atoms with Crippen LogP contribution in [0.4, 0.5) is 10.6 Å². The highest BCUT2D eigenvalue weighted by Crippen LogP contribution is 2.37. The van der Waals surface area contributed by atoms with Gasteiger partial charge in [0.2, 0.25) is 0 Å². The van der Waals surface area contributed by atoms with Crippen LogP contribution in [-0.2, 0) is 4.79 Å². The maximum absolute atomic E-state index is 12.8. The lowest BCUT2D eigenvalue weighted by Gasteiger charge is -2.42. The number of urea groups is 1. The van der Waals surface area contributed by atoms with Crippen molar-refractivity contribution in [2.24, 2.45) is 5.92 Å². The topological polar surface area (TPSA) is 99.8 Å². The van der Waals surface area contributed by atoms with E-state index in [1.54, 1.807) is 21.9 Å². The molecule has 0 aliphatic carbocycles. The summed E-state index contributed by atoms with van der Waals surface area (Å²) in [6, 6.07) is 2.94. The molecule has 0 atom stereocenters. The van der Waals surface area contributed by atoms with Gasteiger partial charge in [-0.25, -0.2) is 9.78 Å². The summed E-state index contributed by atoms with van der Waals surface area (Å²) in [5.41, 5.74) is 5.31. The quantitative estimate of drug-likeness (QED) is 0.817. The van der Waals surface area contributed by atoms with Crippen LogP contribution in [0.15, 0.2) is 18.3 Å². The minimum Gasteiger partial charge on any atom is -0.384 e. The Kier molecular flexibility index (Phi) is 4.60. The summed E-state index contributed by atoms with van der Waals surface area (Å²) in [5, 5.41) is 0. The van der Waals surface area contributed by atoms with E-state index in [-0.39, 0.29) is 23.8 Å². The van der Waals surface area contributed by atoms with Crippen LogP contribution in [0, 0.1) is 5.92 Å². The molecule has 0 aromatic carbocycles. The van der Waals surface area contributed by atoms with Crippen LogP contribution in [0.25, 0.3) is 0 Å². The van der Waals surface area contributed by atoms with Crippen LogP contribution in [0.2, 0.25) is 0 Å². The van der Waals surface area contributed by atoms with Crippen molar-refractivity contribution in [3.05, 3.63) is 23.9 Å². The molecule has 4 amide bonds. The number of piperidine rings is 1. The van der Waals surface area contributed by atoms with Gasteiger partial charge >= 0.3 is 6.03 Å². The number of hydrogen-bond acceptors (Lipinski definition) is 5. The fourth-order valence-electron chi connectivity index (χ4n) is 3.82. The SMILES string of the molecule is CC(C)CN1C(=O)N(C)C(=O)C12CCN(C(=O)c1ccnc(N)c1)CC2. The maximum atomic E-state index is 12.8. The first kappa shape index (κ1) is 18.2. The summed E-state index contributed by atoms with van der Waals surface area (Å²) in [5.74, 6) is 0.262. The molecule has 2 aliphatic rings. The number of aromatic nitrogens is 1. The predicted molar refractivity (Wildman–Crippen MR) is 96.2 cm³/mol. The molecule has 0 radical (unpaired) electrons. The summed E-state index contributed by atoms with van der Waals surface area (Å²) in [4.78, 5) is 46.6. The minimum absolute atomic E-state index is 0.130. The Labute approximate surface area is 152 Å². The minimum atomic E-state index is -0.829. The maximum Gasteiger partial charge on any atom is 0.327 e. The number of amides is 4. The van der Waals surface area contributed by atoms with E-state index < -0.39 is 5.54 Å². The normalized spacial score (nSPS) is 19.8. The molecule has 1 aromatic rings. The zero-order chi connectivity index (χ0) is 19.1. The van der Waals surface area contributed by atoms with Crippen molar-refractivity contribution in [2.75, 3.05) is 32.4 Å². The van der Waals surface area contributed by atoms with E-state index in [4.69, 9.17) is 5.73 Å². The third kappa shape index (κ3) is 2.89. The van der Waals surface area contributed by atoms with Crippen molar-refractivity contribution >= 4 is 23.7 Å². The Balaban J connectivity index is 1.78. The molecule has 1 aromatic heterocycles. The second kappa shape index (κ2) is 6.59. The molecule has 3 rings (SSSR count). The Morgan fingerprint density at radius 3 is 2.54 bits per heavy atom. The monoisotopic (exact) mass is 359 g/mol. The highest BCUT2D eigenvalue weighted by Gasteiger charge is 2.57. The van der Waals surface area contributed by atoms with Gasteiger partial charge in [0, 0.05) is 38.4 Å². The molecular formula is C18H25N5O3. The van der Waals surface area contributed by atoms with E-state index in [2.05, 4.69) is 4.98 Å². The number of rotatable bonds is 3. The number of pyridine rings is 1. The molecule has 26 heavy (non-hydrogen) atoms. The Morgan fingerprint density at radius 1 is 1.31 bits per heavy atom. The zero-order valence-corrected chi connectivity index (χ0v) is 15.4. The molecule has 8 heteroatoms. The summed E-state index contributed by atoms with van der Waals surface area (Å²) < 4.78 is 0. The molecular weight excluding hydrogens is 334 g/mol. The Hall–Kier alpha value is -2.64. The van der Waals surface area contributed by atoms with E-state index in [1.807, 2.05) is 13.8 Å². The fourth-order valence-corrected chi connectivity index (χ4v) is 3.82. The van der Waals surface area contributed by atoms with Crippen LogP contribution in [0.3, 0.4) is 0 Å². The van der Waals surface area contributed by atoms with Gasteiger partial charge in [-0.15, -0.1) is 0 Å². The average Bonchev–Trinajstić information content (AvgIpc) is 2.78. The number of likely N-dealkylation sites (tertiary alicyclic amines) is 1. The van der Waals surface area contributed by atoms with Gasteiger partial charge in [0.15, 0.2) is 0 Å². The first-order valence-corrected chi connectivity index (χ1v) is 8.87. The first-order valence-electron chi connectivity index (χ1n) is 8.87. The number of nitrogens with two attached hydrogens (primary N) is 1. The van der Waals surface area contributed by atoms with Crippen molar-refractivity contribution in [3.63, 3.8) is 0 Å². The average molecular weight is 359 g/mol. The Bertz CT molecular complexity index is 740. The van der Waals surface area contributed by atoms with Crippen molar-refractivity contribution in [1.82, 2.24) is 19.7 Å². The second-order valence-electron chi connectivity index (χ2n) is 7.44. The summed E-state index contributed by atoms with van der Waals surface area (Å²) in [6.45, 7) is 5.42. The highest BCUT2D eigenvalue weighted by molar-refractivity contribution is 6.07. The molecule has 1 spiro atoms. The predicted octanol–water partition coefficient (Wildman–Crippen LogP) is 1.19. The van der Waals surface area contributed by atoms with Crippen molar-refractivity contribution in [1.29, 1.82) is 0 Å². The lowest BCUT2D eigenvalue weighted by Crippen LogP contribution is -2.58. The number of carbonyl (C=O) groups is 3. The van der Waals surface area contributed by atoms with Gasteiger partial charge in [0.05, 0.1) is 0 Å². The fraction of sp³-hybridized carbons (Fsp3) is 0.556. The van der Waals surface area contributed by atoms with Gasteiger partial charge in [-0.3, -0.25) is 14.5 Å². The van der Waals surface area contributed by atoms with E-state index in [0.29, 0.717) is 43.9 Å². The van der Waals surface area contributed by atoms with Crippen LogP contribution in [0.5, 0.6) is 0 Å². The standard InChI is InChI=1S/C18H25N5O3/c1-12(2)11-23-17(26)21(3)16(25)18(23)5-8-22(9-6-18)15(24)13-4-7-20-14(19)10-13/h4,7,10,12H,5-6,8-9,11H2,1-3H3,(H2,19,20). The molecule has 2 N–H and O–H groups in total. The largest absolute Gasteiger partial charge is 0.384 e. The van der Waals surface area contributed by atoms with Gasteiger partial charge in [-0.1, -0.05) is 13.8 Å². The second-order valence-corrected chi connectivity index (χ2v) is 7.44. The lowest BCUT2D eigenvalue weighted by molar-refractivity contribution is -0.134. The molecule has 2 saturated heterocycles. The molecule has 140 valence electrons. The van der Waals surface area contributed by atoms with Gasteiger partial charge in [0.25, 0.3) is 11.8 Å². The number of nitrogens with zero attached hydrogens (tertiary/aromatic N) is 4. The molecule has 2 fully saturated rings. The molecule has 8 nitrogen and oxygen atoms in total. The number of imide groups is 1. The third-order valence-corrected chi connectivity index (χ3v) is 5.19. The Morgan fingerprint density at radius 2 is 1.96 bits per heavy atom. The lowest BCUT2D eigenvalue weighted by atomic mass is 9.85. The van der Waals surface area contributed by atoms with E-state index >= 15 is 0 Å². The van der Waals surface area contributed by atoms with Gasteiger partial charge in [0.1, 0.15) is 11.4 Å². The van der Waals surface area contributed by atoms with Crippen molar-refractivity contribution in [2.45, 2.75) is 32.2 Å². The first-order chi connectivity index (χ1) is 12.3. The molecule has 2 aliphatic heterocycles. The van der Waals surface area contributed by atoms with E-state index in [1.165, 1.54) is 18.1 Å².